The first kappa shape index (κ1) is 24.4. The van der Waals surface area contributed by atoms with Gasteiger partial charge in [-0.3, -0.25) is 14.5 Å². The molecule has 0 radical (unpaired) electrons. The van der Waals surface area contributed by atoms with Crippen molar-refractivity contribution in [2.75, 3.05) is 19.1 Å². The molecule has 1 heterocycles. The maximum atomic E-state index is 13.9. The van der Waals surface area contributed by atoms with Gasteiger partial charge in [0.1, 0.15) is 6.04 Å². The fourth-order valence-electron chi connectivity index (χ4n) is 4.65. The lowest BCUT2D eigenvalue weighted by Crippen LogP contribution is -2.46. The number of nitrogens with zero attached hydrogens (tertiary/aromatic N) is 1. The first-order valence-corrected chi connectivity index (χ1v) is 11.9. The average molecular weight is 477 g/mol. The summed E-state index contributed by atoms with van der Waals surface area (Å²) in [7, 11) is 3.11. The number of aryl methyl sites for hydroxylation is 2. The quantitative estimate of drug-likeness (QED) is 0.473. The summed E-state index contributed by atoms with van der Waals surface area (Å²) < 4.78 is 16.4. The second kappa shape index (κ2) is 10.7. The van der Waals surface area contributed by atoms with Crippen LogP contribution in [0.15, 0.2) is 59.2 Å². The predicted octanol–water partition coefficient (Wildman–Crippen LogP) is 5.36. The summed E-state index contributed by atoms with van der Waals surface area (Å²) in [5, 5.41) is 3.19. The highest BCUT2D eigenvalue weighted by atomic mass is 16.5. The van der Waals surface area contributed by atoms with Crippen LogP contribution in [-0.4, -0.2) is 32.1 Å². The van der Waals surface area contributed by atoms with E-state index in [4.69, 9.17) is 13.9 Å². The van der Waals surface area contributed by atoms with E-state index >= 15 is 0 Å². The molecular weight excluding hydrogens is 444 g/mol. The van der Waals surface area contributed by atoms with Gasteiger partial charge in [-0.2, -0.15) is 0 Å². The standard InChI is InChI=1S/C28H32N2O5/c1-18-11-12-19(2)22(16-18)30(28(32)24-10-7-15-35-24)26(27(31)29-21-8-5-6-9-21)20-13-14-23(33-3)25(17-20)34-4/h7,10-17,21,26H,5-6,8-9H2,1-4H3,(H,29,31)/t26-/m1/s1. The Hall–Kier alpha value is -3.74. The lowest BCUT2D eigenvalue weighted by atomic mass is 9.99. The highest BCUT2D eigenvalue weighted by molar-refractivity contribution is 6.09. The van der Waals surface area contributed by atoms with E-state index in [-0.39, 0.29) is 17.7 Å². The van der Waals surface area contributed by atoms with Gasteiger partial charge in [0.25, 0.3) is 5.91 Å². The van der Waals surface area contributed by atoms with Gasteiger partial charge in [-0.15, -0.1) is 0 Å². The van der Waals surface area contributed by atoms with Crippen LogP contribution >= 0.6 is 0 Å². The highest BCUT2D eigenvalue weighted by Gasteiger charge is 2.37. The third-order valence-corrected chi connectivity index (χ3v) is 6.51. The number of hydrogen-bond acceptors (Lipinski definition) is 5. The molecule has 0 aliphatic heterocycles. The van der Waals surface area contributed by atoms with Gasteiger partial charge in [0.05, 0.1) is 20.5 Å². The average Bonchev–Trinajstić information content (AvgIpc) is 3.58. The van der Waals surface area contributed by atoms with Crippen LogP contribution in [0.4, 0.5) is 5.69 Å². The Labute approximate surface area is 206 Å². The van der Waals surface area contributed by atoms with E-state index in [1.54, 1.807) is 44.6 Å². The van der Waals surface area contributed by atoms with Crippen molar-refractivity contribution in [3.05, 3.63) is 77.2 Å². The van der Waals surface area contributed by atoms with Crippen LogP contribution in [0.2, 0.25) is 0 Å². The minimum atomic E-state index is -0.950. The summed E-state index contributed by atoms with van der Waals surface area (Å²) >= 11 is 0. The van der Waals surface area contributed by atoms with E-state index < -0.39 is 11.9 Å². The SMILES string of the molecule is COc1ccc([C@H](C(=O)NC2CCCC2)N(C(=O)c2ccco2)c2cc(C)ccc2C)cc1OC. The summed E-state index contributed by atoms with van der Waals surface area (Å²) in [6.45, 7) is 3.89. The van der Waals surface area contributed by atoms with Crippen molar-refractivity contribution in [2.24, 2.45) is 0 Å². The van der Waals surface area contributed by atoms with Crippen LogP contribution in [0, 0.1) is 13.8 Å². The molecule has 1 saturated carbocycles. The third kappa shape index (κ3) is 5.19. The lowest BCUT2D eigenvalue weighted by molar-refractivity contribution is -0.123. The Bertz CT molecular complexity index is 1180. The molecule has 0 bridgehead atoms. The number of hydrogen-bond donors (Lipinski definition) is 1. The van der Waals surface area contributed by atoms with E-state index in [9.17, 15) is 9.59 Å². The maximum Gasteiger partial charge on any atom is 0.294 e. The van der Waals surface area contributed by atoms with Gasteiger partial charge in [0.15, 0.2) is 17.3 Å². The number of methoxy groups -OCH3 is 2. The number of anilines is 1. The molecular formula is C28H32N2O5. The van der Waals surface area contributed by atoms with Crippen molar-refractivity contribution in [3.63, 3.8) is 0 Å². The third-order valence-electron chi connectivity index (χ3n) is 6.51. The monoisotopic (exact) mass is 476 g/mol. The van der Waals surface area contributed by atoms with E-state index in [1.165, 1.54) is 11.2 Å². The second-order valence-corrected chi connectivity index (χ2v) is 8.95. The molecule has 7 nitrogen and oxygen atoms in total. The van der Waals surface area contributed by atoms with Crippen LogP contribution in [0.1, 0.15) is 59.0 Å². The summed E-state index contributed by atoms with van der Waals surface area (Å²) in [4.78, 5) is 29.4. The van der Waals surface area contributed by atoms with Crippen LogP contribution in [0.5, 0.6) is 11.5 Å². The molecule has 0 spiro atoms. The Morgan fingerprint density at radius 1 is 1.00 bits per heavy atom. The number of furan rings is 1. The number of nitrogens with one attached hydrogen (secondary N) is 1. The molecule has 1 atom stereocenters. The number of benzene rings is 2. The largest absolute Gasteiger partial charge is 0.493 e. The van der Waals surface area contributed by atoms with Crippen LogP contribution < -0.4 is 19.7 Å². The Balaban J connectivity index is 1.89. The van der Waals surface area contributed by atoms with E-state index in [0.717, 1.165) is 36.8 Å². The fourth-order valence-corrected chi connectivity index (χ4v) is 4.65. The van der Waals surface area contributed by atoms with Crippen molar-refractivity contribution in [3.8, 4) is 11.5 Å². The van der Waals surface area contributed by atoms with Crippen LogP contribution in [0.25, 0.3) is 0 Å². The second-order valence-electron chi connectivity index (χ2n) is 8.95. The van der Waals surface area contributed by atoms with Crippen molar-refractivity contribution in [1.29, 1.82) is 0 Å². The molecule has 4 rings (SSSR count). The van der Waals surface area contributed by atoms with Gasteiger partial charge in [-0.1, -0.05) is 31.0 Å². The minimum Gasteiger partial charge on any atom is -0.493 e. The molecule has 0 unspecified atom stereocenters. The zero-order valence-corrected chi connectivity index (χ0v) is 20.7. The van der Waals surface area contributed by atoms with Gasteiger partial charge in [0.2, 0.25) is 5.91 Å². The Kier molecular flexibility index (Phi) is 7.44. The number of carbonyl (C=O) groups is 2. The molecule has 2 aromatic carbocycles. The first-order chi connectivity index (χ1) is 16.9. The van der Waals surface area contributed by atoms with Gasteiger partial charge >= 0.3 is 0 Å². The van der Waals surface area contributed by atoms with Gasteiger partial charge in [-0.05, 0) is 73.7 Å². The molecule has 2 amide bonds. The van der Waals surface area contributed by atoms with E-state index in [0.29, 0.717) is 22.7 Å². The van der Waals surface area contributed by atoms with Gasteiger partial charge in [0, 0.05) is 11.7 Å². The normalized spacial score (nSPS) is 14.4. The van der Waals surface area contributed by atoms with Gasteiger partial charge < -0.3 is 19.2 Å². The van der Waals surface area contributed by atoms with Crippen LogP contribution in [-0.2, 0) is 4.79 Å². The highest BCUT2D eigenvalue weighted by Crippen LogP contribution is 2.37. The fraction of sp³-hybridized carbons (Fsp3) is 0.357. The molecule has 1 aliphatic carbocycles. The maximum absolute atomic E-state index is 13.9. The molecule has 1 aromatic heterocycles. The summed E-state index contributed by atoms with van der Waals surface area (Å²) in [6.07, 6.45) is 5.48. The summed E-state index contributed by atoms with van der Waals surface area (Å²) in [5.74, 6) is 0.539. The summed E-state index contributed by atoms with van der Waals surface area (Å²) in [6, 6.07) is 13.6. The van der Waals surface area contributed by atoms with Crippen molar-refractivity contribution < 1.29 is 23.5 Å². The van der Waals surface area contributed by atoms with Crippen molar-refractivity contribution >= 4 is 17.5 Å². The predicted molar refractivity (Wildman–Crippen MR) is 134 cm³/mol. The van der Waals surface area contributed by atoms with E-state index in [2.05, 4.69) is 5.32 Å². The van der Waals surface area contributed by atoms with Crippen molar-refractivity contribution in [2.45, 2.75) is 51.6 Å². The molecule has 184 valence electrons. The number of rotatable bonds is 8. The van der Waals surface area contributed by atoms with Gasteiger partial charge in [-0.25, -0.2) is 0 Å². The van der Waals surface area contributed by atoms with Crippen LogP contribution in [0.3, 0.4) is 0 Å². The summed E-state index contributed by atoms with van der Waals surface area (Å²) in [5.41, 5.74) is 3.10. The molecule has 0 saturated heterocycles. The smallest absolute Gasteiger partial charge is 0.294 e. The zero-order valence-electron chi connectivity index (χ0n) is 20.7. The molecule has 35 heavy (non-hydrogen) atoms. The lowest BCUT2D eigenvalue weighted by Gasteiger charge is -2.33. The molecule has 1 fully saturated rings. The Morgan fingerprint density at radius 3 is 2.40 bits per heavy atom. The zero-order chi connectivity index (χ0) is 24.9. The minimum absolute atomic E-state index is 0.0873. The van der Waals surface area contributed by atoms with E-state index in [1.807, 2.05) is 32.0 Å². The number of amides is 2. The topological polar surface area (TPSA) is 81.0 Å². The molecule has 7 heteroatoms. The molecule has 1 N–H and O–H groups in total. The molecule has 1 aliphatic rings. The molecule has 3 aromatic rings. The first-order valence-electron chi connectivity index (χ1n) is 11.9. The number of carbonyl (C=O) groups excluding carboxylic acids is 2. The Morgan fingerprint density at radius 2 is 1.74 bits per heavy atom. The van der Waals surface area contributed by atoms with Crippen molar-refractivity contribution in [1.82, 2.24) is 5.32 Å². The number of ether oxygens (including phenoxy) is 2.